The van der Waals surface area contributed by atoms with Gasteiger partial charge in [0, 0.05) is 13.2 Å². The predicted molar refractivity (Wildman–Crippen MR) is 228 cm³/mol. The Bertz CT molecular complexity index is 733. The van der Waals surface area contributed by atoms with Gasteiger partial charge in [0.15, 0.2) is 6.29 Å². The smallest absolute Gasteiger partial charge is 0.157 e. The first-order chi connectivity index (χ1) is 28.9. The topological polar surface area (TPSA) is 120 Å². The van der Waals surface area contributed by atoms with Crippen LogP contribution in [0.25, 0.3) is 0 Å². The molecule has 0 aromatic heterocycles. The zero-order valence-electron chi connectivity index (χ0n) is 37.3. The van der Waals surface area contributed by atoms with E-state index >= 15 is 0 Å². The number of ether oxygens (including phenoxy) is 13. The Hall–Kier alpha value is -0.520. The van der Waals surface area contributed by atoms with E-state index in [9.17, 15) is 0 Å². The molecule has 348 valence electrons. The monoisotopic (exact) mass is 839 g/mol. The highest BCUT2D eigenvalue weighted by Crippen LogP contribution is 2.14. The molecular formula is C45H90O13. The van der Waals surface area contributed by atoms with Crippen molar-refractivity contribution in [2.45, 2.75) is 135 Å². The first-order valence-corrected chi connectivity index (χ1v) is 23.5. The lowest BCUT2D eigenvalue weighted by Gasteiger charge is -2.22. The molecule has 13 nitrogen and oxygen atoms in total. The molecule has 1 rings (SSSR count). The highest BCUT2D eigenvalue weighted by Gasteiger charge is 2.13. The van der Waals surface area contributed by atoms with E-state index in [4.69, 9.17) is 61.6 Å². The minimum Gasteiger partial charge on any atom is -0.379 e. The van der Waals surface area contributed by atoms with Crippen LogP contribution >= 0.6 is 0 Å². The van der Waals surface area contributed by atoms with Crippen LogP contribution in [-0.2, 0) is 61.6 Å². The fourth-order valence-corrected chi connectivity index (χ4v) is 6.13. The van der Waals surface area contributed by atoms with Crippen molar-refractivity contribution in [3.05, 3.63) is 0 Å². The fourth-order valence-electron chi connectivity index (χ4n) is 6.13. The van der Waals surface area contributed by atoms with E-state index in [2.05, 4.69) is 6.92 Å². The Kier molecular flexibility index (Phi) is 48.6. The highest BCUT2D eigenvalue weighted by molar-refractivity contribution is 4.54. The first-order valence-electron chi connectivity index (χ1n) is 23.5. The molecule has 0 radical (unpaired) electrons. The van der Waals surface area contributed by atoms with Crippen LogP contribution in [-0.4, -0.2) is 165 Å². The van der Waals surface area contributed by atoms with Gasteiger partial charge in [-0.05, 0) is 25.7 Å². The third-order valence-corrected chi connectivity index (χ3v) is 9.53. The number of rotatable bonds is 51. The van der Waals surface area contributed by atoms with Crippen molar-refractivity contribution in [1.29, 1.82) is 0 Å². The number of unbranched alkanes of at least 4 members (excludes halogenated alkanes) is 15. The molecule has 1 aliphatic rings. The molecule has 1 heterocycles. The Morgan fingerprint density at radius 1 is 0.293 bits per heavy atom. The van der Waals surface area contributed by atoms with E-state index in [-0.39, 0.29) is 6.29 Å². The summed E-state index contributed by atoms with van der Waals surface area (Å²) in [5.41, 5.74) is 0. The molecule has 0 bridgehead atoms. The third-order valence-electron chi connectivity index (χ3n) is 9.53. The molecule has 1 atom stereocenters. The molecule has 0 saturated carbocycles. The lowest BCUT2D eigenvalue weighted by molar-refractivity contribution is -0.169. The summed E-state index contributed by atoms with van der Waals surface area (Å²) < 4.78 is 72.1. The number of hydrogen-bond donors (Lipinski definition) is 0. The molecule has 0 amide bonds. The van der Waals surface area contributed by atoms with E-state index in [1.807, 2.05) is 0 Å². The normalized spacial score (nSPS) is 14.5. The summed E-state index contributed by atoms with van der Waals surface area (Å²) in [7, 11) is 0. The van der Waals surface area contributed by atoms with Crippen LogP contribution in [0.4, 0.5) is 0 Å². The van der Waals surface area contributed by atoms with Crippen LogP contribution in [0.5, 0.6) is 0 Å². The molecule has 1 aliphatic heterocycles. The van der Waals surface area contributed by atoms with Crippen molar-refractivity contribution in [2.75, 3.05) is 159 Å². The standard InChI is InChI=1S/C45H90O13/c1-2-3-4-5-6-7-8-9-10-11-12-13-14-15-16-18-21-46-23-24-47-25-26-48-27-28-49-29-30-50-31-32-51-33-34-52-35-36-53-37-38-54-39-40-55-41-42-56-43-44-58-45-20-17-19-22-57-45/h45H,2-44H2,1H3. The van der Waals surface area contributed by atoms with Gasteiger partial charge in [-0.1, -0.05) is 103 Å². The molecule has 0 aromatic carbocycles. The van der Waals surface area contributed by atoms with E-state index in [1.54, 1.807) is 0 Å². The summed E-state index contributed by atoms with van der Waals surface area (Å²) in [5.74, 6) is 0. The second-order valence-electron chi connectivity index (χ2n) is 14.7. The molecular weight excluding hydrogens is 748 g/mol. The van der Waals surface area contributed by atoms with Crippen molar-refractivity contribution < 1.29 is 61.6 Å². The van der Waals surface area contributed by atoms with E-state index in [0.717, 1.165) is 32.5 Å². The van der Waals surface area contributed by atoms with Gasteiger partial charge in [-0.15, -0.1) is 0 Å². The second-order valence-corrected chi connectivity index (χ2v) is 14.7. The second kappa shape index (κ2) is 50.8. The molecule has 1 unspecified atom stereocenters. The van der Waals surface area contributed by atoms with Gasteiger partial charge >= 0.3 is 0 Å². The Morgan fingerprint density at radius 3 is 0.828 bits per heavy atom. The maximum absolute atomic E-state index is 5.70. The summed E-state index contributed by atoms with van der Waals surface area (Å²) in [5, 5.41) is 0. The van der Waals surface area contributed by atoms with E-state index in [0.29, 0.717) is 145 Å². The van der Waals surface area contributed by atoms with Crippen LogP contribution in [0, 0.1) is 0 Å². The van der Waals surface area contributed by atoms with Crippen LogP contribution < -0.4 is 0 Å². The Balaban J connectivity index is 1.59. The van der Waals surface area contributed by atoms with Crippen LogP contribution in [0.3, 0.4) is 0 Å². The number of hydrogen-bond acceptors (Lipinski definition) is 13. The molecule has 13 heteroatoms. The minimum absolute atomic E-state index is 0.0646. The average Bonchev–Trinajstić information content (AvgIpc) is 3.24. The van der Waals surface area contributed by atoms with Gasteiger partial charge in [0.2, 0.25) is 0 Å². The highest BCUT2D eigenvalue weighted by atomic mass is 16.7. The molecule has 0 aromatic rings. The Morgan fingerprint density at radius 2 is 0.552 bits per heavy atom. The van der Waals surface area contributed by atoms with Crippen molar-refractivity contribution in [1.82, 2.24) is 0 Å². The maximum atomic E-state index is 5.70. The largest absolute Gasteiger partial charge is 0.379 e. The van der Waals surface area contributed by atoms with Gasteiger partial charge in [0.1, 0.15) is 0 Å². The summed E-state index contributed by atoms with van der Waals surface area (Å²) in [4.78, 5) is 0. The van der Waals surface area contributed by atoms with Gasteiger partial charge in [0.05, 0.1) is 145 Å². The zero-order valence-corrected chi connectivity index (χ0v) is 37.3. The third kappa shape index (κ3) is 46.5. The van der Waals surface area contributed by atoms with Crippen LogP contribution in [0.15, 0.2) is 0 Å². The van der Waals surface area contributed by atoms with Gasteiger partial charge in [0.25, 0.3) is 0 Å². The fraction of sp³-hybridized carbons (Fsp3) is 1.00. The predicted octanol–water partition coefficient (Wildman–Crippen LogP) is 7.97. The van der Waals surface area contributed by atoms with Crippen LogP contribution in [0.1, 0.15) is 129 Å². The lowest BCUT2D eigenvalue weighted by Crippen LogP contribution is -2.24. The molecule has 0 N–H and O–H groups in total. The van der Waals surface area contributed by atoms with E-state index < -0.39 is 0 Å². The minimum atomic E-state index is -0.0646. The summed E-state index contributed by atoms with van der Waals surface area (Å²) in [6.07, 6.45) is 25.4. The lowest BCUT2D eigenvalue weighted by atomic mass is 10.0. The molecule has 0 spiro atoms. The first kappa shape index (κ1) is 55.5. The van der Waals surface area contributed by atoms with Gasteiger partial charge < -0.3 is 61.6 Å². The quantitative estimate of drug-likeness (QED) is 0.0552. The molecule has 1 saturated heterocycles. The molecule has 58 heavy (non-hydrogen) atoms. The molecule has 0 aliphatic carbocycles. The summed E-state index contributed by atoms with van der Waals surface area (Å²) in [6.45, 7) is 15.8. The zero-order chi connectivity index (χ0) is 41.2. The van der Waals surface area contributed by atoms with Crippen molar-refractivity contribution in [3.63, 3.8) is 0 Å². The Labute approximate surface area is 354 Å². The van der Waals surface area contributed by atoms with Crippen molar-refractivity contribution in [2.24, 2.45) is 0 Å². The van der Waals surface area contributed by atoms with Crippen molar-refractivity contribution in [3.8, 4) is 0 Å². The van der Waals surface area contributed by atoms with Crippen molar-refractivity contribution >= 4 is 0 Å². The summed E-state index contributed by atoms with van der Waals surface area (Å²) >= 11 is 0. The van der Waals surface area contributed by atoms with Crippen LogP contribution in [0.2, 0.25) is 0 Å². The van der Waals surface area contributed by atoms with Gasteiger partial charge in [-0.3, -0.25) is 0 Å². The maximum Gasteiger partial charge on any atom is 0.157 e. The van der Waals surface area contributed by atoms with E-state index in [1.165, 1.54) is 103 Å². The van der Waals surface area contributed by atoms with Gasteiger partial charge in [-0.2, -0.15) is 0 Å². The average molecular weight is 839 g/mol. The molecule has 1 fully saturated rings. The summed E-state index contributed by atoms with van der Waals surface area (Å²) in [6, 6.07) is 0. The SMILES string of the molecule is CCCCCCCCCCCCCCCCCCOCCOCCOCCOCCOCCOCCOCCOCCOCCOCCOCCOC1CCCCO1. The van der Waals surface area contributed by atoms with Gasteiger partial charge in [-0.25, -0.2) is 0 Å².